The topological polar surface area (TPSA) is 58.6 Å². The van der Waals surface area contributed by atoms with Crippen molar-refractivity contribution in [3.63, 3.8) is 0 Å². The SMILES string of the molecule is CN1CCOc2cc(NS(=O)(=O)c3ccc(C(C)(C)C)cc3)ccc21. The van der Waals surface area contributed by atoms with Gasteiger partial charge in [0.2, 0.25) is 0 Å². The monoisotopic (exact) mass is 360 g/mol. The third-order valence-corrected chi connectivity index (χ3v) is 5.74. The third-order valence-electron chi connectivity index (χ3n) is 4.34. The van der Waals surface area contributed by atoms with Gasteiger partial charge in [-0.25, -0.2) is 8.42 Å². The Kier molecular flexibility index (Phi) is 4.41. The Bertz CT molecular complexity index is 869. The normalized spacial score (nSPS) is 14.6. The third kappa shape index (κ3) is 3.74. The second-order valence-electron chi connectivity index (χ2n) is 7.33. The van der Waals surface area contributed by atoms with Gasteiger partial charge in [0.15, 0.2) is 0 Å². The van der Waals surface area contributed by atoms with Crippen LogP contribution in [0.15, 0.2) is 47.4 Å². The van der Waals surface area contributed by atoms with Crippen LogP contribution in [0.1, 0.15) is 26.3 Å². The summed E-state index contributed by atoms with van der Waals surface area (Å²) in [5.74, 6) is 0.692. The molecule has 0 saturated carbocycles. The molecule has 0 aliphatic carbocycles. The summed E-state index contributed by atoms with van der Waals surface area (Å²) in [6.45, 7) is 7.70. The van der Waals surface area contributed by atoms with Gasteiger partial charge in [-0.1, -0.05) is 32.9 Å². The zero-order valence-corrected chi connectivity index (χ0v) is 15.9. The molecule has 1 aliphatic heterocycles. The Hall–Kier alpha value is -2.21. The Labute approximate surface area is 149 Å². The number of sulfonamides is 1. The number of ether oxygens (including phenoxy) is 1. The number of nitrogens with zero attached hydrogens (tertiary/aromatic N) is 1. The molecule has 134 valence electrons. The lowest BCUT2D eigenvalue weighted by Gasteiger charge is -2.28. The standard InChI is InChI=1S/C19H24N2O3S/c1-19(2,3)14-5-8-16(9-6-14)25(22,23)20-15-7-10-17-18(13-15)24-12-11-21(17)4/h5-10,13,20H,11-12H2,1-4H3. The Morgan fingerprint density at radius 3 is 2.40 bits per heavy atom. The summed E-state index contributed by atoms with van der Waals surface area (Å²) < 4.78 is 33.5. The minimum atomic E-state index is -3.63. The summed E-state index contributed by atoms with van der Waals surface area (Å²) in [5, 5.41) is 0. The van der Waals surface area contributed by atoms with Crippen molar-refractivity contribution in [2.24, 2.45) is 0 Å². The molecule has 1 aliphatic rings. The maximum atomic E-state index is 12.6. The van der Waals surface area contributed by atoms with Gasteiger partial charge in [-0.2, -0.15) is 0 Å². The summed E-state index contributed by atoms with van der Waals surface area (Å²) in [6.07, 6.45) is 0. The largest absolute Gasteiger partial charge is 0.489 e. The van der Waals surface area contributed by atoms with Crippen molar-refractivity contribution in [3.05, 3.63) is 48.0 Å². The van der Waals surface area contributed by atoms with Crippen LogP contribution in [0.3, 0.4) is 0 Å². The average molecular weight is 360 g/mol. The fourth-order valence-electron chi connectivity index (χ4n) is 2.77. The van der Waals surface area contributed by atoms with Crippen LogP contribution in [-0.4, -0.2) is 28.6 Å². The molecule has 2 aromatic rings. The summed E-state index contributed by atoms with van der Waals surface area (Å²) in [6, 6.07) is 12.4. The van der Waals surface area contributed by atoms with Crippen LogP contribution >= 0.6 is 0 Å². The lowest BCUT2D eigenvalue weighted by atomic mass is 9.87. The highest BCUT2D eigenvalue weighted by Gasteiger charge is 2.20. The van der Waals surface area contributed by atoms with Gasteiger partial charge in [0.25, 0.3) is 10.0 Å². The molecule has 0 radical (unpaired) electrons. The first kappa shape index (κ1) is 17.6. The lowest BCUT2D eigenvalue weighted by Crippen LogP contribution is -2.28. The molecule has 25 heavy (non-hydrogen) atoms. The number of rotatable bonds is 3. The first-order valence-electron chi connectivity index (χ1n) is 8.28. The van der Waals surface area contributed by atoms with Gasteiger partial charge in [-0.15, -0.1) is 0 Å². The van der Waals surface area contributed by atoms with E-state index in [4.69, 9.17) is 4.74 Å². The van der Waals surface area contributed by atoms with Gasteiger partial charge in [-0.3, -0.25) is 4.72 Å². The Balaban J connectivity index is 1.84. The van der Waals surface area contributed by atoms with Crippen LogP contribution in [0.2, 0.25) is 0 Å². The molecular weight excluding hydrogens is 336 g/mol. The molecule has 0 spiro atoms. The van der Waals surface area contributed by atoms with Crippen molar-refractivity contribution < 1.29 is 13.2 Å². The number of likely N-dealkylation sites (N-methyl/N-ethyl adjacent to an activating group) is 1. The van der Waals surface area contributed by atoms with E-state index in [1.165, 1.54) is 0 Å². The smallest absolute Gasteiger partial charge is 0.261 e. The van der Waals surface area contributed by atoms with Crippen LogP contribution in [0, 0.1) is 0 Å². The van der Waals surface area contributed by atoms with Crippen LogP contribution < -0.4 is 14.4 Å². The van der Waals surface area contributed by atoms with Crippen molar-refractivity contribution in [3.8, 4) is 5.75 Å². The van der Waals surface area contributed by atoms with Gasteiger partial charge in [0.05, 0.1) is 22.8 Å². The summed E-state index contributed by atoms with van der Waals surface area (Å²) in [5.41, 5.74) is 2.53. The van der Waals surface area contributed by atoms with Gasteiger partial charge in [0, 0.05) is 13.1 Å². The molecule has 0 unspecified atom stereocenters. The predicted molar refractivity (Wildman–Crippen MR) is 101 cm³/mol. The predicted octanol–water partition coefficient (Wildman–Crippen LogP) is 3.61. The van der Waals surface area contributed by atoms with E-state index >= 15 is 0 Å². The van der Waals surface area contributed by atoms with E-state index in [-0.39, 0.29) is 10.3 Å². The highest BCUT2D eigenvalue weighted by Crippen LogP contribution is 2.34. The van der Waals surface area contributed by atoms with Crippen molar-refractivity contribution in [2.75, 3.05) is 29.8 Å². The van der Waals surface area contributed by atoms with Crippen LogP contribution in [0.4, 0.5) is 11.4 Å². The molecular formula is C19H24N2O3S. The van der Waals surface area contributed by atoms with E-state index in [1.54, 1.807) is 24.3 Å². The second kappa shape index (κ2) is 6.26. The molecule has 6 heteroatoms. The van der Waals surface area contributed by atoms with Gasteiger partial charge < -0.3 is 9.64 Å². The molecule has 3 rings (SSSR count). The van der Waals surface area contributed by atoms with Gasteiger partial charge >= 0.3 is 0 Å². The van der Waals surface area contributed by atoms with Crippen molar-refractivity contribution >= 4 is 21.4 Å². The maximum absolute atomic E-state index is 12.6. The quantitative estimate of drug-likeness (QED) is 0.908. The fraction of sp³-hybridized carbons (Fsp3) is 0.368. The molecule has 0 atom stereocenters. The second-order valence-corrected chi connectivity index (χ2v) is 9.01. The molecule has 0 aromatic heterocycles. The van der Waals surface area contributed by atoms with E-state index in [1.807, 2.05) is 25.2 Å². The number of hydrogen-bond donors (Lipinski definition) is 1. The summed E-state index contributed by atoms with van der Waals surface area (Å²) >= 11 is 0. The van der Waals surface area contributed by atoms with Gasteiger partial charge in [0.1, 0.15) is 12.4 Å². The van der Waals surface area contributed by atoms with Crippen LogP contribution in [0.25, 0.3) is 0 Å². The molecule has 0 bridgehead atoms. The zero-order chi connectivity index (χ0) is 18.2. The summed E-state index contributed by atoms with van der Waals surface area (Å²) in [7, 11) is -1.65. The zero-order valence-electron chi connectivity index (χ0n) is 15.0. The number of benzene rings is 2. The molecule has 2 aromatic carbocycles. The minimum Gasteiger partial charge on any atom is -0.489 e. The highest BCUT2D eigenvalue weighted by atomic mass is 32.2. The number of fused-ring (bicyclic) bond motifs is 1. The fourth-order valence-corrected chi connectivity index (χ4v) is 3.82. The molecule has 0 amide bonds. The van der Waals surface area contributed by atoms with Crippen molar-refractivity contribution in [2.45, 2.75) is 31.1 Å². The number of anilines is 2. The highest BCUT2D eigenvalue weighted by molar-refractivity contribution is 7.92. The van der Waals surface area contributed by atoms with E-state index in [9.17, 15) is 8.42 Å². The number of nitrogens with one attached hydrogen (secondary N) is 1. The van der Waals surface area contributed by atoms with Crippen molar-refractivity contribution in [1.82, 2.24) is 0 Å². The van der Waals surface area contributed by atoms with Crippen molar-refractivity contribution in [1.29, 1.82) is 0 Å². The van der Waals surface area contributed by atoms with E-state index in [2.05, 4.69) is 30.4 Å². The van der Waals surface area contributed by atoms with Crippen LogP contribution in [0.5, 0.6) is 5.75 Å². The number of hydrogen-bond acceptors (Lipinski definition) is 4. The molecule has 1 heterocycles. The first-order valence-corrected chi connectivity index (χ1v) is 9.76. The minimum absolute atomic E-state index is 0.0163. The van der Waals surface area contributed by atoms with E-state index < -0.39 is 10.0 Å². The lowest BCUT2D eigenvalue weighted by molar-refractivity contribution is 0.311. The van der Waals surface area contributed by atoms with Crippen LogP contribution in [-0.2, 0) is 15.4 Å². The van der Waals surface area contributed by atoms with E-state index in [0.717, 1.165) is 17.8 Å². The Morgan fingerprint density at radius 1 is 1.08 bits per heavy atom. The molecule has 0 saturated heterocycles. The van der Waals surface area contributed by atoms with E-state index in [0.29, 0.717) is 18.0 Å². The average Bonchev–Trinajstić information content (AvgIpc) is 2.54. The maximum Gasteiger partial charge on any atom is 0.261 e. The molecule has 5 nitrogen and oxygen atoms in total. The first-order chi connectivity index (χ1) is 11.7. The van der Waals surface area contributed by atoms with Gasteiger partial charge in [-0.05, 0) is 35.2 Å². The Morgan fingerprint density at radius 2 is 1.76 bits per heavy atom. The molecule has 1 N–H and O–H groups in total. The molecule has 0 fully saturated rings. The summed E-state index contributed by atoms with van der Waals surface area (Å²) in [4.78, 5) is 2.33.